The molecule has 3 heteroatoms. The van der Waals surface area contributed by atoms with Gasteiger partial charge in [0.05, 0.1) is 5.69 Å². The van der Waals surface area contributed by atoms with Gasteiger partial charge in [-0.25, -0.2) is 9.37 Å². The zero-order valence-corrected chi connectivity index (χ0v) is 10.1. The fourth-order valence-corrected chi connectivity index (χ4v) is 2.10. The molecule has 0 atom stereocenters. The van der Waals surface area contributed by atoms with Crippen LogP contribution < -0.4 is 0 Å². The first-order valence-electron chi connectivity index (χ1n) is 5.90. The summed E-state index contributed by atoms with van der Waals surface area (Å²) < 4.78 is 14.8. The number of rotatable bonds is 2. The second kappa shape index (κ2) is 4.26. The Balaban J connectivity index is 1.95. The molecule has 18 heavy (non-hydrogen) atoms. The van der Waals surface area contributed by atoms with Crippen molar-refractivity contribution in [1.29, 1.82) is 0 Å². The molecule has 0 bridgehead atoms. The van der Waals surface area contributed by atoms with Crippen LogP contribution >= 0.6 is 0 Å². The van der Waals surface area contributed by atoms with Gasteiger partial charge in [0.1, 0.15) is 11.5 Å². The topological polar surface area (TPSA) is 17.3 Å². The highest BCUT2D eigenvalue weighted by Gasteiger charge is 2.04. The van der Waals surface area contributed by atoms with Gasteiger partial charge in [-0.05, 0) is 36.2 Å². The van der Waals surface area contributed by atoms with Crippen molar-refractivity contribution in [1.82, 2.24) is 9.38 Å². The largest absolute Gasteiger partial charge is 0.307 e. The van der Waals surface area contributed by atoms with Crippen LogP contribution in [0.1, 0.15) is 16.8 Å². The third-order valence-electron chi connectivity index (χ3n) is 3.03. The predicted molar refractivity (Wildman–Crippen MR) is 69.1 cm³/mol. The molecule has 90 valence electrons. The van der Waals surface area contributed by atoms with Crippen LogP contribution in [-0.4, -0.2) is 9.38 Å². The minimum absolute atomic E-state index is 0.204. The van der Waals surface area contributed by atoms with Gasteiger partial charge in [-0.15, -0.1) is 0 Å². The number of hydrogen-bond donors (Lipinski definition) is 0. The van der Waals surface area contributed by atoms with E-state index in [0.717, 1.165) is 28.9 Å². The van der Waals surface area contributed by atoms with Crippen molar-refractivity contribution in [2.75, 3.05) is 0 Å². The lowest BCUT2D eigenvalue weighted by molar-refractivity contribution is 0.627. The zero-order chi connectivity index (χ0) is 12.5. The molecule has 0 unspecified atom stereocenters. The second-order valence-electron chi connectivity index (χ2n) is 4.46. The van der Waals surface area contributed by atoms with Crippen molar-refractivity contribution in [3.8, 4) is 0 Å². The summed E-state index contributed by atoms with van der Waals surface area (Å²) in [5.74, 6) is -0.204. The molecule has 2 nitrogen and oxygen atoms in total. The minimum atomic E-state index is -0.204. The van der Waals surface area contributed by atoms with Crippen LogP contribution in [-0.2, 0) is 6.42 Å². The Morgan fingerprint density at radius 1 is 1.17 bits per heavy atom. The van der Waals surface area contributed by atoms with Crippen LogP contribution in [0, 0.1) is 12.7 Å². The summed E-state index contributed by atoms with van der Waals surface area (Å²) in [5, 5.41) is 0. The standard InChI is InChI=1S/C15H13FN2/c1-11-3-2-8-18-10-14(17-15(11)18)9-12-4-6-13(16)7-5-12/h2-8,10H,9H2,1H3. The maximum absolute atomic E-state index is 12.8. The third kappa shape index (κ3) is 1.99. The Hall–Kier alpha value is -2.16. The summed E-state index contributed by atoms with van der Waals surface area (Å²) >= 11 is 0. The summed E-state index contributed by atoms with van der Waals surface area (Å²) in [6, 6.07) is 10.6. The van der Waals surface area contributed by atoms with E-state index in [9.17, 15) is 4.39 Å². The SMILES string of the molecule is Cc1cccn2cc(Cc3ccc(F)cc3)nc12. The maximum atomic E-state index is 12.8. The lowest BCUT2D eigenvalue weighted by Gasteiger charge is -1.97. The highest BCUT2D eigenvalue weighted by Crippen LogP contribution is 2.13. The van der Waals surface area contributed by atoms with Gasteiger partial charge in [0.15, 0.2) is 0 Å². The van der Waals surface area contributed by atoms with Crippen molar-refractivity contribution >= 4 is 5.65 Å². The fourth-order valence-electron chi connectivity index (χ4n) is 2.10. The van der Waals surface area contributed by atoms with Gasteiger partial charge in [0, 0.05) is 18.8 Å². The Morgan fingerprint density at radius 2 is 1.94 bits per heavy atom. The molecule has 0 spiro atoms. The summed E-state index contributed by atoms with van der Waals surface area (Å²) in [6.45, 7) is 2.05. The van der Waals surface area contributed by atoms with Gasteiger partial charge >= 0.3 is 0 Å². The van der Waals surface area contributed by atoms with E-state index < -0.39 is 0 Å². The number of aromatic nitrogens is 2. The number of pyridine rings is 1. The van der Waals surface area contributed by atoms with Gasteiger partial charge in [-0.3, -0.25) is 0 Å². The highest BCUT2D eigenvalue weighted by atomic mass is 19.1. The molecule has 0 saturated carbocycles. The lowest BCUT2D eigenvalue weighted by atomic mass is 10.1. The number of benzene rings is 1. The number of aryl methyl sites for hydroxylation is 1. The zero-order valence-electron chi connectivity index (χ0n) is 10.1. The van der Waals surface area contributed by atoms with Crippen LogP contribution in [0.2, 0.25) is 0 Å². The number of nitrogens with zero attached hydrogens (tertiary/aromatic N) is 2. The first-order chi connectivity index (χ1) is 8.72. The molecule has 0 saturated heterocycles. The molecule has 3 aromatic rings. The van der Waals surface area contributed by atoms with E-state index >= 15 is 0 Å². The molecule has 0 aliphatic heterocycles. The second-order valence-corrected chi connectivity index (χ2v) is 4.46. The molecule has 2 heterocycles. The predicted octanol–water partition coefficient (Wildman–Crippen LogP) is 3.37. The van der Waals surface area contributed by atoms with E-state index in [1.54, 1.807) is 12.1 Å². The molecule has 0 radical (unpaired) electrons. The number of hydrogen-bond acceptors (Lipinski definition) is 1. The van der Waals surface area contributed by atoms with Crippen molar-refractivity contribution in [3.05, 3.63) is 71.4 Å². The van der Waals surface area contributed by atoms with Gasteiger partial charge in [-0.2, -0.15) is 0 Å². The Bertz CT molecular complexity index is 683. The minimum Gasteiger partial charge on any atom is -0.307 e. The van der Waals surface area contributed by atoms with Crippen molar-refractivity contribution in [3.63, 3.8) is 0 Å². The summed E-state index contributed by atoms with van der Waals surface area (Å²) in [4.78, 5) is 4.60. The van der Waals surface area contributed by atoms with Gasteiger partial charge in [0.25, 0.3) is 0 Å². The Labute approximate surface area is 105 Å². The summed E-state index contributed by atoms with van der Waals surface area (Å²) in [5.41, 5.74) is 4.20. The van der Waals surface area contributed by atoms with Crippen LogP contribution in [0.3, 0.4) is 0 Å². The van der Waals surface area contributed by atoms with Crippen LogP contribution in [0.25, 0.3) is 5.65 Å². The average molecular weight is 240 g/mol. The molecule has 0 N–H and O–H groups in total. The van der Waals surface area contributed by atoms with E-state index in [-0.39, 0.29) is 5.82 Å². The first-order valence-corrected chi connectivity index (χ1v) is 5.90. The van der Waals surface area contributed by atoms with Gasteiger partial charge in [0.2, 0.25) is 0 Å². The highest BCUT2D eigenvalue weighted by molar-refractivity contribution is 5.48. The molecule has 0 aliphatic carbocycles. The Kier molecular flexibility index (Phi) is 2.59. The molecule has 0 aliphatic rings. The molecule has 2 aromatic heterocycles. The molecular weight excluding hydrogens is 227 g/mol. The van der Waals surface area contributed by atoms with E-state index in [1.807, 2.05) is 35.9 Å². The molecular formula is C15H13FN2. The number of fused-ring (bicyclic) bond motifs is 1. The summed E-state index contributed by atoms with van der Waals surface area (Å²) in [6.07, 6.45) is 4.73. The lowest BCUT2D eigenvalue weighted by Crippen LogP contribution is -1.88. The van der Waals surface area contributed by atoms with Crippen molar-refractivity contribution < 1.29 is 4.39 Å². The van der Waals surface area contributed by atoms with Crippen molar-refractivity contribution in [2.24, 2.45) is 0 Å². The van der Waals surface area contributed by atoms with E-state index in [2.05, 4.69) is 4.98 Å². The third-order valence-corrected chi connectivity index (χ3v) is 3.03. The first kappa shape index (κ1) is 11.0. The Morgan fingerprint density at radius 3 is 2.67 bits per heavy atom. The van der Waals surface area contributed by atoms with Gasteiger partial charge in [-0.1, -0.05) is 18.2 Å². The number of halogens is 1. The molecule has 1 aromatic carbocycles. The van der Waals surface area contributed by atoms with Crippen LogP contribution in [0.5, 0.6) is 0 Å². The van der Waals surface area contributed by atoms with Crippen LogP contribution in [0.15, 0.2) is 48.8 Å². The molecule has 3 rings (SSSR count). The average Bonchev–Trinajstić information content (AvgIpc) is 2.76. The quantitative estimate of drug-likeness (QED) is 0.671. The molecule has 0 amide bonds. The fraction of sp³-hybridized carbons (Fsp3) is 0.133. The monoisotopic (exact) mass is 240 g/mol. The normalized spacial score (nSPS) is 11.0. The van der Waals surface area contributed by atoms with E-state index in [1.165, 1.54) is 12.1 Å². The van der Waals surface area contributed by atoms with E-state index in [4.69, 9.17) is 0 Å². The smallest absolute Gasteiger partial charge is 0.139 e. The van der Waals surface area contributed by atoms with Crippen LogP contribution in [0.4, 0.5) is 4.39 Å². The summed E-state index contributed by atoms with van der Waals surface area (Å²) in [7, 11) is 0. The van der Waals surface area contributed by atoms with E-state index in [0.29, 0.717) is 0 Å². The maximum Gasteiger partial charge on any atom is 0.139 e. The molecule has 0 fully saturated rings. The van der Waals surface area contributed by atoms with Crippen molar-refractivity contribution in [2.45, 2.75) is 13.3 Å². The van der Waals surface area contributed by atoms with Gasteiger partial charge < -0.3 is 4.40 Å². The number of imidazole rings is 1.